The summed E-state index contributed by atoms with van der Waals surface area (Å²) in [4.78, 5) is 32.9. The second kappa shape index (κ2) is 5.94. The highest BCUT2D eigenvalue weighted by Gasteiger charge is 2.18. The molecule has 1 unspecified atom stereocenters. The molecule has 2 amide bonds. The normalized spacial score (nSPS) is 11.5. The minimum absolute atomic E-state index is 0.0648. The van der Waals surface area contributed by atoms with Crippen LogP contribution in [0.5, 0.6) is 0 Å². The summed E-state index contributed by atoms with van der Waals surface area (Å²) in [5.74, 6) is -0.753. The highest BCUT2D eigenvalue weighted by molar-refractivity contribution is 5.97. The quantitative estimate of drug-likeness (QED) is 0.634. The van der Waals surface area contributed by atoms with Crippen molar-refractivity contribution in [2.45, 2.75) is 26.8 Å². The molecule has 0 heterocycles. The molecule has 0 aliphatic heterocycles. The van der Waals surface area contributed by atoms with Gasteiger partial charge in [-0.25, -0.2) is 0 Å². The van der Waals surface area contributed by atoms with Gasteiger partial charge in [0.1, 0.15) is 6.04 Å². The molecule has 0 spiro atoms. The fourth-order valence-electron chi connectivity index (χ4n) is 1.57. The van der Waals surface area contributed by atoms with E-state index in [4.69, 9.17) is 0 Å². The Morgan fingerprint density at radius 2 is 2.00 bits per heavy atom. The lowest BCUT2D eigenvalue weighted by molar-refractivity contribution is -0.385. The number of nitrogens with zero attached hydrogens (tertiary/aromatic N) is 1. The Morgan fingerprint density at radius 1 is 1.37 bits per heavy atom. The molecule has 0 saturated heterocycles. The third kappa shape index (κ3) is 3.77. The van der Waals surface area contributed by atoms with Crippen molar-refractivity contribution in [3.05, 3.63) is 33.9 Å². The number of benzene rings is 1. The van der Waals surface area contributed by atoms with Crippen molar-refractivity contribution in [1.29, 1.82) is 0 Å². The summed E-state index contributed by atoms with van der Waals surface area (Å²) in [5.41, 5.74) is 0.664. The zero-order chi connectivity index (χ0) is 14.6. The summed E-state index contributed by atoms with van der Waals surface area (Å²) < 4.78 is 0. The molecule has 0 bridgehead atoms. The number of rotatable bonds is 4. The van der Waals surface area contributed by atoms with Crippen molar-refractivity contribution >= 4 is 23.2 Å². The van der Waals surface area contributed by atoms with Crippen LogP contribution >= 0.6 is 0 Å². The maximum atomic E-state index is 11.8. The van der Waals surface area contributed by atoms with E-state index < -0.39 is 16.9 Å². The lowest BCUT2D eigenvalue weighted by Gasteiger charge is -2.14. The van der Waals surface area contributed by atoms with Crippen LogP contribution in [0.1, 0.15) is 19.4 Å². The Hall–Kier alpha value is -2.44. The summed E-state index contributed by atoms with van der Waals surface area (Å²) >= 11 is 0. The van der Waals surface area contributed by atoms with E-state index >= 15 is 0 Å². The van der Waals surface area contributed by atoms with Crippen LogP contribution < -0.4 is 10.6 Å². The smallest absolute Gasteiger partial charge is 0.274 e. The number of anilines is 1. The number of hydrogen-bond donors (Lipinski definition) is 2. The number of amides is 2. The van der Waals surface area contributed by atoms with Crippen LogP contribution in [0.15, 0.2) is 18.2 Å². The third-order valence-electron chi connectivity index (χ3n) is 2.57. The van der Waals surface area contributed by atoms with E-state index in [1.54, 1.807) is 13.0 Å². The van der Waals surface area contributed by atoms with Crippen LogP contribution in [0.4, 0.5) is 11.4 Å². The first-order valence-corrected chi connectivity index (χ1v) is 5.65. The fourth-order valence-corrected chi connectivity index (χ4v) is 1.57. The fraction of sp³-hybridized carbons (Fsp3) is 0.333. The lowest BCUT2D eigenvalue weighted by Crippen LogP contribution is -2.40. The molecule has 1 rings (SSSR count). The summed E-state index contributed by atoms with van der Waals surface area (Å²) in [6.45, 7) is 4.39. The molecule has 0 saturated carbocycles. The van der Waals surface area contributed by atoms with Crippen LogP contribution in [0.2, 0.25) is 0 Å². The van der Waals surface area contributed by atoms with Crippen LogP contribution in [0, 0.1) is 17.0 Å². The maximum absolute atomic E-state index is 11.8. The Morgan fingerprint density at radius 3 is 2.53 bits per heavy atom. The first-order valence-electron chi connectivity index (χ1n) is 5.65. The van der Waals surface area contributed by atoms with Gasteiger partial charge in [0.2, 0.25) is 11.8 Å². The average molecular weight is 265 g/mol. The van der Waals surface area contributed by atoms with Gasteiger partial charge in [-0.05, 0) is 19.9 Å². The van der Waals surface area contributed by atoms with E-state index in [1.807, 2.05) is 0 Å². The Bertz CT molecular complexity index is 528. The Balaban J connectivity index is 2.88. The van der Waals surface area contributed by atoms with Gasteiger partial charge >= 0.3 is 0 Å². The summed E-state index contributed by atoms with van der Waals surface area (Å²) in [6.07, 6.45) is 0. The predicted molar refractivity (Wildman–Crippen MR) is 69.7 cm³/mol. The predicted octanol–water partition coefficient (Wildman–Crippen LogP) is 1.37. The first-order chi connectivity index (χ1) is 8.82. The summed E-state index contributed by atoms with van der Waals surface area (Å²) in [7, 11) is 0. The number of carbonyl (C=O) groups is 2. The van der Waals surface area contributed by atoms with Gasteiger partial charge in [0, 0.05) is 13.0 Å². The van der Waals surface area contributed by atoms with E-state index in [9.17, 15) is 19.7 Å². The topological polar surface area (TPSA) is 101 Å². The molecular weight excluding hydrogens is 250 g/mol. The van der Waals surface area contributed by atoms with Crippen LogP contribution in [0.3, 0.4) is 0 Å². The van der Waals surface area contributed by atoms with Crippen molar-refractivity contribution in [3.8, 4) is 0 Å². The monoisotopic (exact) mass is 265 g/mol. The van der Waals surface area contributed by atoms with Gasteiger partial charge < -0.3 is 10.6 Å². The van der Waals surface area contributed by atoms with Gasteiger partial charge in [0.25, 0.3) is 5.69 Å². The molecular formula is C12H15N3O4. The van der Waals surface area contributed by atoms with Crippen molar-refractivity contribution in [1.82, 2.24) is 5.32 Å². The molecule has 0 fully saturated rings. The van der Waals surface area contributed by atoms with E-state index in [1.165, 1.54) is 26.0 Å². The number of carbonyl (C=O) groups excluding carboxylic acids is 2. The van der Waals surface area contributed by atoms with Crippen LogP contribution in [-0.4, -0.2) is 22.8 Å². The van der Waals surface area contributed by atoms with Gasteiger partial charge in [-0.1, -0.05) is 6.07 Å². The molecule has 0 aliphatic carbocycles. The van der Waals surface area contributed by atoms with Gasteiger partial charge in [-0.15, -0.1) is 0 Å². The molecule has 102 valence electrons. The van der Waals surface area contributed by atoms with E-state index in [2.05, 4.69) is 10.6 Å². The van der Waals surface area contributed by atoms with Crippen molar-refractivity contribution < 1.29 is 14.5 Å². The minimum atomic E-state index is -0.712. The largest absolute Gasteiger partial charge is 0.345 e. The van der Waals surface area contributed by atoms with Crippen LogP contribution in [-0.2, 0) is 9.59 Å². The first kappa shape index (κ1) is 14.6. The highest BCUT2D eigenvalue weighted by Crippen LogP contribution is 2.24. The molecule has 7 heteroatoms. The second-order valence-corrected chi connectivity index (χ2v) is 4.12. The molecule has 0 aliphatic rings. The highest BCUT2D eigenvalue weighted by atomic mass is 16.6. The standard InChI is InChI=1S/C12H15N3O4/c1-7-10(5-4-6-11(7)15(18)19)14-12(17)8(2)13-9(3)16/h4-6,8H,1-3H3,(H,13,16)(H,14,17). The number of nitro groups is 1. The number of nitro benzene ring substituents is 1. The third-order valence-corrected chi connectivity index (χ3v) is 2.57. The number of nitrogens with one attached hydrogen (secondary N) is 2. The second-order valence-electron chi connectivity index (χ2n) is 4.12. The average Bonchev–Trinajstić information content (AvgIpc) is 2.30. The molecule has 1 atom stereocenters. The molecule has 0 radical (unpaired) electrons. The Labute approximate surface area is 110 Å². The maximum Gasteiger partial charge on any atom is 0.274 e. The molecule has 1 aromatic rings. The molecule has 19 heavy (non-hydrogen) atoms. The summed E-state index contributed by atoms with van der Waals surface area (Å²) in [5, 5.41) is 15.8. The molecule has 2 N–H and O–H groups in total. The summed E-state index contributed by atoms with van der Waals surface area (Å²) in [6, 6.07) is 3.71. The van der Waals surface area contributed by atoms with Crippen molar-refractivity contribution in [3.63, 3.8) is 0 Å². The van der Waals surface area contributed by atoms with Crippen molar-refractivity contribution in [2.75, 3.05) is 5.32 Å². The van der Waals surface area contributed by atoms with Gasteiger partial charge in [-0.3, -0.25) is 19.7 Å². The zero-order valence-electron chi connectivity index (χ0n) is 10.9. The van der Waals surface area contributed by atoms with E-state index in [0.717, 1.165) is 0 Å². The van der Waals surface area contributed by atoms with Gasteiger partial charge in [-0.2, -0.15) is 0 Å². The molecule has 1 aromatic carbocycles. The molecule has 0 aromatic heterocycles. The lowest BCUT2D eigenvalue weighted by atomic mass is 10.1. The van der Waals surface area contributed by atoms with Crippen molar-refractivity contribution in [2.24, 2.45) is 0 Å². The number of hydrogen-bond acceptors (Lipinski definition) is 4. The van der Waals surface area contributed by atoms with Gasteiger partial charge in [0.05, 0.1) is 16.2 Å². The van der Waals surface area contributed by atoms with Gasteiger partial charge in [0.15, 0.2) is 0 Å². The zero-order valence-corrected chi connectivity index (χ0v) is 10.9. The van der Waals surface area contributed by atoms with Crippen LogP contribution in [0.25, 0.3) is 0 Å². The minimum Gasteiger partial charge on any atom is -0.345 e. The SMILES string of the molecule is CC(=O)NC(C)C(=O)Nc1cccc([N+](=O)[O-])c1C. The van der Waals surface area contributed by atoms with E-state index in [-0.39, 0.29) is 11.6 Å². The van der Waals surface area contributed by atoms with E-state index in [0.29, 0.717) is 11.3 Å². The molecule has 7 nitrogen and oxygen atoms in total. The Kier molecular flexibility index (Phi) is 4.57.